The lowest BCUT2D eigenvalue weighted by molar-refractivity contribution is -0.141. The number of carbonyl (C=O) groups is 4. The highest BCUT2D eigenvalue weighted by atomic mass is 32.1. The van der Waals surface area contributed by atoms with Crippen LogP contribution in [0.1, 0.15) is 33.1 Å². The molecular formula is C16H28N4O5S. The quantitative estimate of drug-likeness (QED) is 0.320. The topological polar surface area (TPSA) is 142 Å². The molecule has 0 aromatic carbocycles. The lowest BCUT2D eigenvalue weighted by Crippen LogP contribution is -2.56. The van der Waals surface area contributed by atoms with E-state index < -0.39 is 42.5 Å². The van der Waals surface area contributed by atoms with E-state index in [0.717, 1.165) is 0 Å². The first-order valence-corrected chi connectivity index (χ1v) is 9.27. The van der Waals surface area contributed by atoms with Crippen LogP contribution in [0.2, 0.25) is 0 Å². The number of aliphatic carboxylic acids is 1. The highest BCUT2D eigenvalue weighted by Gasteiger charge is 2.37. The third kappa shape index (κ3) is 6.49. The second-order valence-corrected chi connectivity index (χ2v) is 7.15. The summed E-state index contributed by atoms with van der Waals surface area (Å²) in [5.41, 5.74) is 5.72. The molecule has 0 aromatic rings. The molecule has 1 saturated heterocycles. The third-order valence-corrected chi connectivity index (χ3v) is 4.50. The number of carbonyl (C=O) groups excluding carboxylic acids is 3. The van der Waals surface area contributed by atoms with Crippen LogP contribution >= 0.6 is 12.6 Å². The highest BCUT2D eigenvalue weighted by Crippen LogP contribution is 2.19. The van der Waals surface area contributed by atoms with Crippen molar-refractivity contribution in [3.8, 4) is 0 Å². The Balaban J connectivity index is 2.79. The van der Waals surface area contributed by atoms with Gasteiger partial charge in [-0.1, -0.05) is 13.8 Å². The average molecular weight is 388 g/mol. The molecule has 1 aliphatic rings. The van der Waals surface area contributed by atoms with Crippen molar-refractivity contribution in [1.29, 1.82) is 0 Å². The first-order valence-electron chi connectivity index (χ1n) is 8.64. The van der Waals surface area contributed by atoms with Gasteiger partial charge in [-0.2, -0.15) is 12.6 Å². The van der Waals surface area contributed by atoms with Gasteiger partial charge >= 0.3 is 5.97 Å². The number of carboxylic acid groups (broad SMARTS) is 1. The molecule has 1 heterocycles. The summed E-state index contributed by atoms with van der Waals surface area (Å²) in [5, 5.41) is 13.6. The second kappa shape index (κ2) is 10.4. The van der Waals surface area contributed by atoms with E-state index in [0.29, 0.717) is 25.8 Å². The van der Waals surface area contributed by atoms with Crippen molar-refractivity contribution in [2.75, 3.05) is 18.8 Å². The normalized spacial score (nSPS) is 19.1. The van der Waals surface area contributed by atoms with E-state index in [-0.39, 0.29) is 17.6 Å². The summed E-state index contributed by atoms with van der Waals surface area (Å²) in [4.78, 5) is 49.2. The van der Waals surface area contributed by atoms with Gasteiger partial charge in [-0.25, -0.2) is 0 Å². The molecule has 9 nitrogen and oxygen atoms in total. The van der Waals surface area contributed by atoms with Gasteiger partial charge in [0.2, 0.25) is 17.7 Å². The first kappa shape index (κ1) is 22.2. The Labute approximate surface area is 158 Å². The number of likely N-dealkylation sites (tertiary alicyclic amines) is 1. The predicted molar refractivity (Wildman–Crippen MR) is 98.6 cm³/mol. The molecule has 148 valence electrons. The molecule has 1 rings (SSSR count). The zero-order valence-electron chi connectivity index (χ0n) is 15.1. The summed E-state index contributed by atoms with van der Waals surface area (Å²) in [5.74, 6) is -2.21. The second-order valence-electron chi connectivity index (χ2n) is 6.78. The number of hydrogen-bond acceptors (Lipinski definition) is 6. The minimum absolute atomic E-state index is 0.106. The number of rotatable bonds is 9. The Morgan fingerprint density at radius 3 is 2.50 bits per heavy atom. The Bertz CT molecular complexity index is 543. The number of amides is 3. The molecule has 26 heavy (non-hydrogen) atoms. The number of nitrogens with one attached hydrogen (secondary N) is 2. The predicted octanol–water partition coefficient (Wildman–Crippen LogP) is -1.03. The van der Waals surface area contributed by atoms with Crippen molar-refractivity contribution < 1.29 is 24.3 Å². The van der Waals surface area contributed by atoms with E-state index in [4.69, 9.17) is 10.8 Å². The smallest absolute Gasteiger partial charge is 0.322 e. The Kier molecular flexibility index (Phi) is 8.86. The molecule has 1 fully saturated rings. The fourth-order valence-electron chi connectivity index (χ4n) is 2.85. The molecule has 1 aliphatic heterocycles. The third-order valence-electron chi connectivity index (χ3n) is 4.11. The van der Waals surface area contributed by atoms with Crippen molar-refractivity contribution >= 4 is 36.3 Å². The van der Waals surface area contributed by atoms with Crippen LogP contribution in [0.3, 0.4) is 0 Å². The van der Waals surface area contributed by atoms with Gasteiger partial charge in [0.25, 0.3) is 0 Å². The standard InChI is InChI=1S/C16H28N4O5S/c1-9(2)6-11(14(23)18-7-13(21)22)19-15(24)12-4-3-5-20(12)16(25)10(17)8-26/h9-12,26H,3-8,17H2,1-2H3,(H,18,23)(H,19,24)(H,21,22)/t10-,11-,12-/m0/s1. The summed E-state index contributed by atoms with van der Waals surface area (Å²) in [7, 11) is 0. The molecule has 0 aliphatic carbocycles. The molecule has 0 spiro atoms. The van der Waals surface area contributed by atoms with Gasteiger partial charge in [0.05, 0.1) is 6.04 Å². The number of nitrogens with two attached hydrogens (primary N) is 1. The van der Waals surface area contributed by atoms with Crippen molar-refractivity contribution in [3.63, 3.8) is 0 Å². The molecule has 10 heteroatoms. The SMILES string of the molecule is CC(C)C[C@H](NC(=O)[C@@H]1CCCN1C(=O)[C@@H](N)CS)C(=O)NCC(=O)O. The summed E-state index contributed by atoms with van der Waals surface area (Å²) in [6.07, 6.45) is 1.51. The summed E-state index contributed by atoms with van der Waals surface area (Å²) >= 11 is 4.01. The van der Waals surface area contributed by atoms with Gasteiger partial charge in [-0.15, -0.1) is 0 Å². The molecule has 0 unspecified atom stereocenters. The van der Waals surface area contributed by atoms with Gasteiger partial charge in [0.1, 0.15) is 18.6 Å². The fraction of sp³-hybridized carbons (Fsp3) is 0.750. The van der Waals surface area contributed by atoms with Crippen LogP contribution < -0.4 is 16.4 Å². The van der Waals surface area contributed by atoms with Gasteiger partial charge in [-0.05, 0) is 25.2 Å². The van der Waals surface area contributed by atoms with Gasteiger partial charge in [-0.3, -0.25) is 19.2 Å². The summed E-state index contributed by atoms with van der Waals surface area (Å²) < 4.78 is 0. The number of nitrogens with zero attached hydrogens (tertiary/aromatic N) is 1. The Hall–Kier alpha value is -1.81. The fourth-order valence-corrected chi connectivity index (χ4v) is 3.01. The first-order chi connectivity index (χ1) is 12.2. The van der Waals surface area contributed by atoms with Crippen molar-refractivity contribution in [2.45, 2.75) is 51.2 Å². The monoisotopic (exact) mass is 388 g/mol. The van der Waals surface area contributed by atoms with Crippen LogP contribution in [0.25, 0.3) is 0 Å². The minimum Gasteiger partial charge on any atom is -0.480 e. The Morgan fingerprint density at radius 2 is 1.96 bits per heavy atom. The number of hydrogen-bond donors (Lipinski definition) is 5. The van der Waals surface area contributed by atoms with Crippen LogP contribution in [0.5, 0.6) is 0 Å². The lowest BCUT2D eigenvalue weighted by Gasteiger charge is -2.28. The molecular weight excluding hydrogens is 360 g/mol. The van der Waals surface area contributed by atoms with E-state index in [1.807, 2.05) is 13.8 Å². The van der Waals surface area contributed by atoms with Crippen LogP contribution in [0.15, 0.2) is 0 Å². The van der Waals surface area contributed by atoms with Crippen molar-refractivity contribution in [2.24, 2.45) is 11.7 Å². The average Bonchev–Trinajstić information content (AvgIpc) is 3.06. The molecule has 0 bridgehead atoms. The summed E-state index contributed by atoms with van der Waals surface area (Å²) in [6, 6.07) is -2.33. The maximum absolute atomic E-state index is 12.6. The molecule has 0 saturated carbocycles. The molecule has 5 N–H and O–H groups in total. The maximum Gasteiger partial charge on any atom is 0.322 e. The van der Waals surface area contributed by atoms with Crippen molar-refractivity contribution in [3.05, 3.63) is 0 Å². The van der Waals surface area contributed by atoms with E-state index in [1.165, 1.54) is 4.90 Å². The minimum atomic E-state index is -1.17. The van der Waals surface area contributed by atoms with Gasteiger partial charge in [0, 0.05) is 12.3 Å². The highest BCUT2D eigenvalue weighted by molar-refractivity contribution is 7.80. The molecule has 3 amide bonds. The zero-order chi connectivity index (χ0) is 19.9. The number of thiol groups is 1. The summed E-state index contributed by atoms with van der Waals surface area (Å²) in [6.45, 7) is 3.69. The Morgan fingerprint density at radius 1 is 1.31 bits per heavy atom. The largest absolute Gasteiger partial charge is 0.480 e. The van der Waals surface area contributed by atoms with E-state index in [1.54, 1.807) is 0 Å². The molecule has 3 atom stereocenters. The van der Waals surface area contributed by atoms with E-state index >= 15 is 0 Å². The van der Waals surface area contributed by atoms with Crippen molar-refractivity contribution in [1.82, 2.24) is 15.5 Å². The number of carboxylic acids is 1. The molecule has 0 radical (unpaired) electrons. The van der Waals surface area contributed by atoms with Crippen LogP contribution in [0, 0.1) is 5.92 Å². The van der Waals surface area contributed by atoms with Gasteiger partial charge < -0.3 is 26.4 Å². The molecule has 0 aromatic heterocycles. The zero-order valence-corrected chi connectivity index (χ0v) is 16.0. The van der Waals surface area contributed by atoms with Gasteiger partial charge in [0.15, 0.2) is 0 Å². The van der Waals surface area contributed by atoms with E-state index in [2.05, 4.69) is 23.3 Å². The van der Waals surface area contributed by atoms with Crippen LogP contribution in [0.4, 0.5) is 0 Å². The van der Waals surface area contributed by atoms with E-state index in [9.17, 15) is 19.2 Å². The lowest BCUT2D eigenvalue weighted by atomic mass is 10.0. The maximum atomic E-state index is 12.6. The van der Waals surface area contributed by atoms with Crippen LogP contribution in [-0.4, -0.2) is 70.7 Å². The van der Waals surface area contributed by atoms with Crippen LogP contribution in [-0.2, 0) is 19.2 Å².